The SMILES string of the molecule is CCCNC(CCN(C)CCC(C)O)c1cccc(Cl)c1. The summed E-state index contributed by atoms with van der Waals surface area (Å²) in [6.07, 6.45) is 2.75. The Kier molecular flexibility index (Phi) is 8.93. The van der Waals surface area contributed by atoms with Crippen LogP contribution in [-0.4, -0.2) is 42.8 Å². The number of hydrogen-bond donors (Lipinski definition) is 2. The second-order valence-corrected chi connectivity index (χ2v) is 6.23. The van der Waals surface area contributed by atoms with Crippen LogP contribution in [0.1, 0.15) is 44.7 Å². The molecule has 0 radical (unpaired) electrons. The molecule has 120 valence electrons. The molecule has 3 nitrogen and oxygen atoms in total. The van der Waals surface area contributed by atoms with Gasteiger partial charge >= 0.3 is 0 Å². The lowest BCUT2D eigenvalue weighted by Crippen LogP contribution is -2.29. The fraction of sp³-hybridized carbons (Fsp3) is 0.647. The Bertz CT molecular complexity index is 398. The van der Waals surface area contributed by atoms with Gasteiger partial charge in [0.1, 0.15) is 0 Å². The molecule has 0 aliphatic carbocycles. The molecule has 0 amide bonds. The van der Waals surface area contributed by atoms with Crippen LogP contribution in [0.15, 0.2) is 24.3 Å². The molecule has 0 heterocycles. The molecule has 0 fully saturated rings. The van der Waals surface area contributed by atoms with Crippen molar-refractivity contribution >= 4 is 11.6 Å². The van der Waals surface area contributed by atoms with Crippen LogP contribution in [0.4, 0.5) is 0 Å². The molecule has 0 aliphatic rings. The van der Waals surface area contributed by atoms with Crippen molar-refractivity contribution < 1.29 is 5.11 Å². The van der Waals surface area contributed by atoms with Gasteiger partial charge in [0.2, 0.25) is 0 Å². The van der Waals surface area contributed by atoms with Crippen molar-refractivity contribution in [3.05, 3.63) is 34.9 Å². The molecule has 0 saturated carbocycles. The van der Waals surface area contributed by atoms with Gasteiger partial charge in [-0.15, -0.1) is 0 Å². The molecule has 0 bridgehead atoms. The molecule has 0 saturated heterocycles. The van der Waals surface area contributed by atoms with Crippen LogP contribution in [0.3, 0.4) is 0 Å². The topological polar surface area (TPSA) is 35.5 Å². The van der Waals surface area contributed by atoms with E-state index in [1.54, 1.807) is 0 Å². The van der Waals surface area contributed by atoms with Gasteiger partial charge in [-0.1, -0.05) is 30.7 Å². The zero-order chi connectivity index (χ0) is 15.7. The van der Waals surface area contributed by atoms with Crippen LogP contribution in [0, 0.1) is 0 Å². The molecule has 0 spiro atoms. The highest BCUT2D eigenvalue weighted by atomic mass is 35.5. The highest BCUT2D eigenvalue weighted by Gasteiger charge is 2.12. The predicted octanol–water partition coefficient (Wildman–Crippen LogP) is 3.47. The van der Waals surface area contributed by atoms with Crippen molar-refractivity contribution in [3.63, 3.8) is 0 Å². The molecule has 0 aliphatic heterocycles. The van der Waals surface area contributed by atoms with Crippen LogP contribution in [0.5, 0.6) is 0 Å². The van der Waals surface area contributed by atoms with Crippen molar-refractivity contribution in [1.29, 1.82) is 0 Å². The van der Waals surface area contributed by atoms with Crippen molar-refractivity contribution in [1.82, 2.24) is 10.2 Å². The monoisotopic (exact) mass is 312 g/mol. The lowest BCUT2D eigenvalue weighted by molar-refractivity contribution is 0.163. The van der Waals surface area contributed by atoms with Crippen molar-refractivity contribution in [2.45, 2.75) is 45.3 Å². The maximum absolute atomic E-state index is 9.35. The van der Waals surface area contributed by atoms with Crippen molar-refractivity contribution in [2.24, 2.45) is 0 Å². The van der Waals surface area contributed by atoms with E-state index >= 15 is 0 Å². The number of aliphatic hydroxyl groups excluding tert-OH is 1. The average molecular weight is 313 g/mol. The first kappa shape index (κ1) is 18.4. The molecular weight excluding hydrogens is 284 g/mol. The molecule has 1 rings (SSSR count). The maximum atomic E-state index is 9.35. The van der Waals surface area contributed by atoms with Gasteiger partial charge in [-0.2, -0.15) is 0 Å². The molecular formula is C17H29ClN2O. The maximum Gasteiger partial charge on any atom is 0.0524 e. The number of nitrogens with one attached hydrogen (secondary N) is 1. The molecule has 2 unspecified atom stereocenters. The highest BCUT2D eigenvalue weighted by Crippen LogP contribution is 2.21. The van der Waals surface area contributed by atoms with Gasteiger partial charge < -0.3 is 15.3 Å². The summed E-state index contributed by atoms with van der Waals surface area (Å²) < 4.78 is 0. The van der Waals surface area contributed by atoms with Gasteiger partial charge in [-0.25, -0.2) is 0 Å². The Morgan fingerprint density at radius 2 is 2.00 bits per heavy atom. The first-order chi connectivity index (χ1) is 10.0. The summed E-state index contributed by atoms with van der Waals surface area (Å²) >= 11 is 6.10. The second kappa shape index (κ2) is 10.2. The molecule has 2 atom stereocenters. The smallest absolute Gasteiger partial charge is 0.0524 e. The number of nitrogens with zero attached hydrogens (tertiary/aromatic N) is 1. The minimum Gasteiger partial charge on any atom is -0.393 e. The Morgan fingerprint density at radius 3 is 2.62 bits per heavy atom. The van der Waals surface area contributed by atoms with E-state index < -0.39 is 0 Å². The number of rotatable bonds is 10. The van der Waals surface area contributed by atoms with Crippen LogP contribution in [-0.2, 0) is 0 Å². The number of hydrogen-bond acceptors (Lipinski definition) is 3. The van der Waals surface area contributed by atoms with E-state index in [1.807, 2.05) is 25.1 Å². The van der Waals surface area contributed by atoms with E-state index in [1.165, 1.54) is 5.56 Å². The predicted molar refractivity (Wildman–Crippen MR) is 90.9 cm³/mol. The Morgan fingerprint density at radius 1 is 1.29 bits per heavy atom. The molecule has 1 aromatic carbocycles. The largest absolute Gasteiger partial charge is 0.393 e. The summed E-state index contributed by atoms with van der Waals surface area (Å²) in [4.78, 5) is 2.28. The summed E-state index contributed by atoms with van der Waals surface area (Å²) in [7, 11) is 2.11. The molecule has 1 aromatic rings. The van der Waals surface area contributed by atoms with Gasteiger partial charge in [0.25, 0.3) is 0 Å². The van der Waals surface area contributed by atoms with Crippen LogP contribution >= 0.6 is 11.6 Å². The van der Waals surface area contributed by atoms with E-state index in [-0.39, 0.29) is 6.10 Å². The van der Waals surface area contributed by atoms with Gasteiger partial charge in [-0.05, 0) is 64.0 Å². The Labute approximate surface area is 134 Å². The summed E-state index contributed by atoms with van der Waals surface area (Å²) in [5, 5.41) is 13.7. The zero-order valence-corrected chi connectivity index (χ0v) is 14.2. The summed E-state index contributed by atoms with van der Waals surface area (Å²) in [5.41, 5.74) is 1.25. The quantitative estimate of drug-likeness (QED) is 0.694. The first-order valence-electron chi connectivity index (χ1n) is 7.88. The minimum atomic E-state index is -0.227. The summed E-state index contributed by atoms with van der Waals surface area (Å²) in [6, 6.07) is 8.43. The van der Waals surface area contributed by atoms with Gasteiger partial charge in [0.05, 0.1) is 6.10 Å². The van der Waals surface area contributed by atoms with E-state index in [0.717, 1.165) is 43.9 Å². The third-order valence-electron chi connectivity index (χ3n) is 3.62. The van der Waals surface area contributed by atoms with E-state index in [0.29, 0.717) is 6.04 Å². The summed E-state index contributed by atoms with van der Waals surface area (Å²) in [5.74, 6) is 0. The van der Waals surface area contributed by atoms with Crippen LogP contribution < -0.4 is 5.32 Å². The molecule has 2 N–H and O–H groups in total. The number of benzene rings is 1. The Balaban J connectivity index is 2.54. The Hall–Kier alpha value is -0.610. The number of halogens is 1. The third kappa shape index (κ3) is 7.82. The van der Waals surface area contributed by atoms with Gasteiger partial charge in [-0.3, -0.25) is 0 Å². The van der Waals surface area contributed by atoms with Crippen LogP contribution in [0.25, 0.3) is 0 Å². The van der Waals surface area contributed by atoms with Crippen molar-refractivity contribution in [2.75, 3.05) is 26.7 Å². The lowest BCUT2D eigenvalue weighted by atomic mass is 10.0. The molecule has 4 heteroatoms. The van der Waals surface area contributed by atoms with E-state index in [2.05, 4.69) is 30.3 Å². The van der Waals surface area contributed by atoms with Crippen LogP contribution in [0.2, 0.25) is 5.02 Å². The average Bonchev–Trinajstić information content (AvgIpc) is 2.45. The highest BCUT2D eigenvalue weighted by molar-refractivity contribution is 6.30. The zero-order valence-electron chi connectivity index (χ0n) is 13.5. The fourth-order valence-electron chi connectivity index (χ4n) is 2.30. The van der Waals surface area contributed by atoms with Gasteiger partial charge in [0.15, 0.2) is 0 Å². The first-order valence-corrected chi connectivity index (χ1v) is 8.26. The third-order valence-corrected chi connectivity index (χ3v) is 3.85. The molecule has 0 aromatic heterocycles. The fourth-order valence-corrected chi connectivity index (χ4v) is 2.50. The van der Waals surface area contributed by atoms with E-state index in [4.69, 9.17) is 11.6 Å². The van der Waals surface area contributed by atoms with E-state index in [9.17, 15) is 5.11 Å². The standard InChI is InChI=1S/C17H29ClN2O/c1-4-10-19-17(15-6-5-7-16(18)13-15)9-12-20(3)11-8-14(2)21/h5-7,13-14,17,19,21H,4,8-12H2,1-3H3. The number of aliphatic hydroxyl groups is 1. The second-order valence-electron chi connectivity index (χ2n) is 5.79. The van der Waals surface area contributed by atoms with Crippen molar-refractivity contribution in [3.8, 4) is 0 Å². The lowest BCUT2D eigenvalue weighted by Gasteiger charge is -2.23. The molecule has 21 heavy (non-hydrogen) atoms. The van der Waals surface area contributed by atoms with Gasteiger partial charge in [0, 0.05) is 17.6 Å². The minimum absolute atomic E-state index is 0.227. The normalized spacial score (nSPS) is 14.4. The summed E-state index contributed by atoms with van der Waals surface area (Å²) in [6.45, 7) is 6.95.